The molecule has 28 heavy (non-hydrogen) atoms. The second-order valence-corrected chi connectivity index (χ2v) is 9.36. The molecule has 1 atom stereocenters. The lowest BCUT2D eigenvalue weighted by atomic mass is 9.84. The lowest BCUT2D eigenvalue weighted by Crippen LogP contribution is -2.58. The average molecular weight is 409 g/mol. The van der Waals surface area contributed by atoms with E-state index in [0.717, 1.165) is 24.3 Å². The smallest absolute Gasteiger partial charge is 0.318 e. The zero-order valence-electron chi connectivity index (χ0n) is 16.6. The monoisotopic (exact) mass is 408 g/mol. The van der Waals surface area contributed by atoms with Gasteiger partial charge in [0.25, 0.3) is 0 Å². The standard InChI is InChI=1S/C20H32N4O3S/c21-15-20(6-12-28-13-7-20)23-18(25)17(14-16-4-2-1-3-5-16)22-19(26)24-8-10-27-11-9-24/h16-17H,1-14H2,(H,22,26)(H,23,25). The summed E-state index contributed by atoms with van der Waals surface area (Å²) in [5.41, 5.74) is -0.795. The zero-order valence-corrected chi connectivity index (χ0v) is 17.4. The Morgan fingerprint density at radius 3 is 2.50 bits per heavy atom. The molecule has 156 valence electrons. The fourth-order valence-electron chi connectivity index (χ4n) is 4.30. The molecule has 0 radical (unpaired) electrons. The highest BCUT2D eigenvalue weighted by atomic mass is 32.2. The van der Waals surface area contributed by atoms with Crippen LogP contribution in [0.25, 0.3) is 0 Å². The van der Waals surface area contributed by atoms with Crippen LogP contribution in [0.1, 0.15) is 51.4 Å². The second-order valence-electron chi connectivity index (χ2n) is 8.14. The van der Waals surface area contributed by atoms with Crippen LogP contribution >= 0.6 is 11.8 Å². The summed E-state index contributed by atoms with van der Waals surface area (Å²) in [5, 5.41) is 15.7. The summed E-state index contributed by atoms with van der Waals surface area (Å²) in [6.45, 7) is 2.15. The van der Waals surface area contributed by atoms with Gasteiger partial charge in [0.15, 0.2) is 0 Å². The van der Waals surface area contributed by atoms with Crippen molar-refractivity contribution >= 4 is 23.7 Å². The minimum Gasteiger partial charge on any atom is -0.378 e. The molecule has 1 saturated carbocycles. The molecule has 0 aromatic heterocycles. The van der Waals surface area contributed by atoms with E-state index in [4.69, 9.17) is 4.74 Å². The second kappa shape index (κ2) is 10.4. The first-order valence-electron chi connectivity index (χ1n) is 10.6. The van der Waals surface area contributed by atoms with Crippen LogP contribution in [0.3, 0.4) is 0 Å². The number of carbonyl (C=O) groups is 2. The van der Waals surface area contributed by atoms with E-state index >= 15 is 0 Å². The van der Waals surface area contributed by atoms with Gasteiger partial charge in [0, 0.05) is 13.1 Å². The van der Waals surface area contributed by atoms with Gasteiger partial charge in [-0.3, -0.25) is 4.79 Å². The Morgan fingerprint density at radius 2 is 1.86 bits per heavy atom. The van der Waals surface area contributed by atoms with Crippen molar-refractivity contribution in [3.63, 3.8) is 0 Å². The van der Waals surface area contributed by atoms with Gasteiger partial charge in [0.2, 0.25) is 5.91 Å². The van der Waals surface area contributed by atoms with Crippen molar-refractivity contribution < 1.29 is 14.3 Å². The highest BCUT2D eigenvalue weighted by Crippen LogP contribution is 2.29. The van der Waals surface area contributed by atoms with Gasteiger partial charge in [-0.25, -0.2) is 4.79 Å². The van der Waals surface area contributed by atoms with Crippen LogP contribution in [0.4, 0.5) is 4.79 Å². The van der Waals surface area contributed by atoms with Gasteiger partial charge in [-0.1, -0.05) is 32.1 Å². The first-order chi connectivity index (χ1) is 13.6. The van der Waals surface area contributed by atoms with E-state index in [2.05, 4.69) is 16.7 Å². The van der Waals surface area contributed by atoms with Gasteiger partial charge >= 0.3 is 6.03 Å². The van der Waals surface area contributed by atoms with Crippen molar-refractivity contribution in [3.05, 3.63) is 0 Å². The van der Waals surface area contributed by atoms with Gasteiger partial charge < -0.3 is 20.3 Å². The quantitative estimate of drug-likeness (QED) is 0.728. The summed E-state index contributed by atoms with van der Waals surface area (Å²) < 4.78 is 5.31. The Balaban J connectivity index is 1.65. The largest absolute Gasteiger partial charge is 0.378 e. The Hall–Kier alpha value is -1.46. The van der Waals surface area contributed by atoms with Gasteiger partial charge in [-0.05, 0) is 36.7 Å². The van der Waals surface area contributed by atoms with Crippen molar-refractivity contribution in [1.82, 2.24) is 15.5 Å². The molecule has 3 amide bonds. The molecular formula is C20H32N4O3S. The van der Waals surface area contributed by atoms with Crippen LogP contribution in [-0.4, -0.2) is 66.2 Å². The minimum atomic E-state index is -0.795. The third kappa shape index (κ3) is 5.77. The van der Waals surface area contributed by atoms with Crippen LogP contribution in [-0.2, 0) is 9.53 Å². The molecule has 1 unspecified atom stereocenters. The molecule has 0 bridgehead atoms. The molecule has 3 rings (SSSR count). The van der Waals surface area contributed by atoms with E-state index in [1.165, 1.54) is 19.3 Å². The minimum absolute atomic E-state index is 0.204. The molecule has 0 aromatic rings. The van der Waals surface area contributed by atoms with Crippen molar-refractivity contribution in [3.8, 4) is 6.07 Å². The topological polar surface area (TPSA) is 94.5 Å². The van der Waals surface area contributed by atoms with Gasteiger partial charge in [0.1, 0.15) is 11.6 Å². The zero-order chi connectivity index (χ0) is 19.8. The molecule has 2 N–H and O–H groups in total. The summed E-state index contributed by atoms with van der Waals surface area (Å²) >= 11 is 1.82. The molecular weight excluding hydrogens is 376 g/mol. The number of urea groups is 1. The number of nitriles is 1. The molecule has 8 heteroatoms. The lowest BCUT2D eigenvalue weighted by molar-refractivity contribution is -0.125. The lowest BCUT2D eigenvalue weighted by Gasteiger charge is -2.35. The number of nitrogens with one attached hydrogen (secondary N) is 2. The van der Waals surface area contributed by atoms with Gasteiger partial charge in [-0.15, -0.1) is 0 Å². The number of nitrogens with zero attached hydrogens (tertiary/aromatic N) is 2. The number of ether oxygens (including phenoxy) is 1. The predicted molar refractivity (Wildman–Crippen MR) is 109 cm³/mol. The van der Waals surface area contributed by atoms with Gasteiger partial charge in [-0.2, -0.15) is 17.0 Å². The molecule has 0 spiro atoms. The van der Waals surface area contributed by atoms with Crippen molar-refractivity contribution in [2.75, 3.05) is 37.8 Å². The SMILES string of the molecule is N#CC1(NC(=O)C(CC2CCCCC2)NC(=O)N2CCOCC2)CCSCC1. The predicted octanol–water partition coefficient (Wildman–Crippen LogP) is 2.27. The number of hydrogen-bond donors (Lipinski definition) is 2. The Kier molecular flexibility index (Phi) is 7.86. The fraction of sp³-hybridized carbons (Fsp3) is 0.850. The van der Waals surface area contributed by atoms with E-state index in [1.807, 2.05) is 11.8 Å². The molecule has 3 fully saturated rings. The number of hydrogen-bond acceptors (Lipinski definition) is 5. The van der Waals surface area contributed by atoms with E-state index in [9.17, 15) is 14.9 Å². The highest BCUT2D eigenvalue weighted by molar-refractivity contribution is 7.99. The molecule has 0 aromatic carbocycles. The van der Waals surface area contributed by atoms with Crippen molar-refractivity contribution in [1.29, 1.82) is 5.26 Å². The third-order valence-electron chi connectivity index (χ3n) is 6.13. The normalized spacial score (nSPS) is 24.0. The van der Waals surface area contributed by atoms with E-state index < -0.39 is 11.6 Å². The average Bonchev–Trinajstić information content (AvgIpc) is 2.75. The molecule has 2 saturated heterocycles. The number of carbonyl (C=O) groups excluding carboxylic acids is 2. The van der Waals surface area contributed by atoms with E-state index in [1.54, 1.807) is 4.90 Å². The van der Waals surface area contributed by atoms with E-state index in [0.29, 0.717) is 51.5 Å². The fourth-order valence-corrected chi connectivity index (χ4v) is 5.49. The third-order valence-corrected chi connectivity index (χ3v) is 7.11. The molecule has 1 aliphatic carbocycles. The molecule has 3 aliphatic rings. The summed E-state index contributed by atoms with van der Waals surface area (Å²) in [4.78, 5) is 27.6. The number of rotatable bonds is 5. The maximum atomic E-state index is 13.1. The Labute approximate surface area is 171 Å². The van der Waals surface area contributed by atoms with Crippen LogP contribution in [0.5, 0.6) is 0 Å². The van der Waals surface area contributed by atoms with Crippen molar-refractivity contribution in [2.45, 2.75) is 62.9 Å². The van der Waals surface area contributed by atoms with Crippen LogP contribution in [0.2, 0.25) is 0 Å². The van der Waals surface area contributed by atoms with Gasteiger partial charge in [0.05, 0.1) is 19.3 Å². The van der Waals surface area contributed by atoms with E-state index in [-0.39, 0.29) is 11.9 Å². The summed E-state index contributed by atoms with van der Waals surface area (Å²) in [6, 6.07) is 1.55. The molecule has 2 aliphatic heterocycles. The Morgan fingerprint density at radius 1 is 1.18 bits per heavy atom. The number of thioether (sulfide) groups is 1. The summed E-state index contributed by atoms with van der Waals surface area (Å²) in [7, 11) is 0. The molecule has 2 heterocycles. The first kappa shape index (κ1) is 21.3. The number of amides is 3. The molecule has 7 nitrogen and oxygen atoms in total. The van der Waals surface area contributed by atoms with Crippen molar-refractivity contribution in [2.24, 2.45) is 5.92 Å². The maximum absolute atomic E-state index is 13.1. The maximum Gasteiger partial charge on any atom is 0.318 e. The Bertz CT molecular complexity index is 576. The highest BCUT2D eigenvalue weighted by Gasteiger charge is 2.37. The first-order valence-corrected chi connectivity index (χ1v) is 11.7. The number of morpholine rings is 1. The van der Waals surface area contributed by atoms with Crippen LogP contribution in [0, 0.1) is 17.2 Å². The van der Waals surface area contributed by atoms with Crippen LogP contribution < -0.4 is 10.6 Å². The summed E-state index contributed by atoms with van der Waals surface area (Å²) in [5.74, 6) is 2.00. The summed E-state index contributed by atoms with van der Waals surface area (Å²) in [6.07, 6.45) is 7.82. The van der Waals surface area contributed by atoms with Crippen LogP contribution in [0.15, 0.2) is 0 Å².